The number of sulfonamides is 1. The predicted molar refractivity (Wildman–Crippen MR) is 121 cm³/mol. The molecule has 10 heteroatoms. The van der Waals surface area contributed by atoms with Crippen LogP contribution >= 0.6 is 0 Å². The fourth-order valence-electron chi connectivity index (χ4n) is 3.67. The molecule has 2 N–H and O–H groups in total. The molecule has 0 aromatic heterocycles. The number of primary amides is 1. The summed E-state index contributed by atoms with van der Waals surface area (Å²) in [5.41, 5.74) is 6.57. The summed E-state index contributed by atoms with van der Waals surface area (Å²) >= 11 is 0. The highest BCUT2D eigenvalue weighted by Crippen LogP contribution is 2.26. The van der Waals surface area contributed by atoms with Gasteiger partial charge in [-0.25, -0.2) is 8.42 Å². The topological polar surface area (TPSA) is 127 Å². The third-order valence-electron chi connectivity index (χ3n) is 5.65. The van der Waals surface area contributed by atoms with Crippen molar-refractivity contribution in [1.82, 2.24) is 9.21 Å². The molecule has 0 saturated carbocycles. The van der Waals surface area contributed by atoms with Gasteiger partial charge in [0.15, 0.2) is 0 Å². The fourth-order valence-corrected chi connectivity index (χ4v) is 5.09. The SMILES string of the molecule is CC(C)(C)c1ccc(S(=O)(=O)N2CCN(Cc3ccc(C(N)=O)cc3[N+](=O)[O-])CC2)cc1. The number of nitro benzene ring substituents is 1. The Morgan fingerprint density at radius 3 is 2.16 bits per heavy atom. The number of benzene rings is 2. The van der Waals surface area contributed by atoms with Crippen molar-refractivity contribution in [2.45, 2.75) is 37.6 Å². The van der Waals surface area contributed by atoms with E-state index in [1.807, 2.05) is 17.0 Å². The average Bonchev–Trinajstić information content (AvgIpc) is 2.73. The number of nitrogens with two attached hydrogens (primary N) is 1. The van der Waals surface area contributed by atoms with Gasteiger partial charge in [-0.2, -0.15) is 4.31 Å². The Hall–Kier alpha value is -2.82. The lowest BCUT2D eigenvalue weighted by atomic mass is 9.87. The minimum atomic E-state index is -3.61. The van der Waals surface area contributed by atoms with Crippen molar-refractivity contribution in [3.63, 3.8) is 0 Å². The van der Waals surface area contributed by atoms with Crippen LogP contribution in [0.4, 0.5) is 5.69 Å². The van der Waals surface area contributed by atoms with Gasteiger partial charge in [0.2, 0.25) is 15.9 Å². The lowest BCUT2D eigenvalue weighted by Crippen LogP contribution is -2.48. The van der Waals surface area contributed by atoms with Crippen LogP contribution in [0.2, 0.25) is 0 Å². The Morgan fingerprint density at radius 1 is 1.06 bits per heavy atom. The van der Waals surface area contributed by atoms with Gasteiger partial charge in [0, 0.05) is 49.9 Å². The fraction of sp³-hybridized carbons (Fsp3) is 0.409. The van der Waals surface area contributed by atoms with Gasteiger partial charge < -0.3 is 5.73 Å². The molecule has 9 nitrogen and oxygen atoms in total. The average molecular weight is 461 g/mol. The monoisotopic (exact) mass is 460 g/mol. The summed E-state index contributed by atoms with van der Waals surface area (Å²) in [6, 6.07) is 11.2. The molecular formula is C22H28N4O5S. The van der Waals surface area contributed by atoms with Gasteiger partial charge in [0.25, 0.3) is 5.69 Å². The molecule has 1 aliphatic heterocycles. The first kappa shape index (κ1) is 23.8. The summed E-state index contributed by atoms with van der Waals surface area (Å²) in [6.07, 6.45) is 0. The number of piperazine rings is 1. The van der Waals surface area contributed by atoms with E-state index in [9.17, 15) is 23.3 Å². The first-order valence-corrected chi connectivity index (χ1v) is 11.7. The molecule has 0 bridgehead atoms. The van der Waals surface area contributed by atoms with Crippen LogP contribution in [0.3, 0.4) is 0 Å². The van der Waals surface area contributed by atoms with Crippen LogP contribution in [-0.4, -0.2) is 54.6 Å². The van der Waals surface area contributed by atoms with Gasteiger partial charge >= 0.3 is 0 Å². The molecular weight excluding hydrogens is 432 g/mol. The molecule has 32 heavy (non-hydrogen) atoms. The van der Waals surface area contributed by atoms with Crippen LogP contribution in [0.15, 0.2) is 47.4 Å². The second-order valence-corrected chi connectivity index (χ2v) is 10.9. The van der Waals surface area contributed by atoms with Crippen molar-refractivity contribution >= 4 is 21.6 Å². The van der Waals surface area contributed by atoms with E-state index in [0.29, 0.717) is 18.7 Å². The van der Waals surface area contributed by atoms with Crippen LogP contribution in [0.1, 0.15) is 42.3 Å². The molecule has 1 fully saturated rings. The highest BCUT2D eigenvalue weighted by atomic mass is 32.2. The zero-order valence-electron chi connectivity index (χ0n) is 18.4. The van der Waals surface area contributed by atoms with Gasteiger partial charge in [-0.15, -0.1) is 0 Å². The molecule has 0 radical (unpaired) electrons. The molecule has 1 heterocycles. The number of nitro groups is 1. The molecule has 0 spiro atoms. The van der Waals surface area contributed by atoms with Crippen molar-refractivity contribution in [2.75, 3.05) is 26.2 Å². The van der Waals surface area contributed by atoms with Gasteiger partial charge in [0.05, 0.1) is 9.82 Å². The Morgan fingerprint density at radius 2 is 1.66 bits per heavy atom. The van der Waals surface area contributed by atoms with E-state index in [2.05, 4.69) is 20.8 Å². The van der Waals surface area contributed by atoms with Crippen LogP contribution in [0.5, 0.6) is 0 Å². The quantitative estimate of drug-likeness (QED) is 0.521. The largest absolute Gasteiger partial charge is 0.366 e. The minimum absolute atomic E-state index is 0.0633. The molecule has 3 rings (SSSR count). The van der Waals surface area contributed by atoms with E-state index in [4.69, 9.17) is 5.73 Å². The van der Waals surface area contributed by atoms with Crippen molar-refractivity contribution in [2.24, 2.45) is 5.73 Å². The Bertz CT molecular complexity index is 1120. The van der Waals surface area contributed by atoms with Crippen LogP contribution in [0, 0.1) is 10.1 Å². The smallest absolute Gasteiger partial charge is 0.274 e. The number of hydrogen-bond donors (Lipinski definition) is 1. The van der Waals surface area contributed by atoms with E-state index < -0.39 is 20.9 Å². The highest BCUT2D eigenvalue weighted by molar-refractivity contribution is 7.89. The van der Waals surface area contributed by atoms with Crippen molar-refractivity contribution < 1.29 is 18.1 Å². The molecule has 0 aliphatic carbocycles. The maximum absolute atomic E-state index is 13.0. The molecule has 2 aromatic rings. The summed E-state index contributed by atoms with van der Waals surface area (Å²) in [7, 11) is -3.61. The van der Waals surface area contributed by atoms with Crippen LogP contribution in [-0.2, 0) is 22.0 Å². The van der Waals surface area contributed by atoms with E-state index in [-0.39, 0.29) is 41.2 Å². The number of rotatable bonds is 6. The maximum Gasteiger partial charge on any atom is 0.274 e. The van der Waals surface area contributed by atoms with Gasteiger partial charge in [-0.3, -0.25) is 19.8 Å². The number of carbonyl (C=O) groups is 1. The minimum Gasteiger partial charge on any atom is -0.366 e. The van der Waals surface area contributed by atoms with Crippen LogP contribution in [0.25, 0.3) is 0 Å². The van der Waals surface area contributed by atoms with Gasteiger partial charge in [-0.1, -0.05) is 39.0 Å². The first-order chi connectivity index (χ1) is 14.9. The number of carbonyl (C=O) groups excluding carboxylic acids is 1. The van der Waals surface area contributed by atoms with E-state index >= 15 is 0 Å². The van der Waals surface area contributed by atoms with Crippen molar-refractivity contribution in [3.8, 4) is 0 Å². The van der Waals surface area contributed by atoms with Crippen molar-refractivity contribution in [3.05, 3.63) is 69.3 Å². The maximum atomic E-state index is 13.0. The second kappa shape index (κ2) is 8.97. The molecule has 172 valence electrons. The van der Waals surface area contributed by atoms with E-state index in [0.717, 1.165) is 5.56 Å². The molecule has 2 aromatic carbocycles. The van der Waals surface area contributed by atoms with E-state index in [1.165, 1.54) is 22.5 Å². The number of nitrogens with zero attached hydrogens (tertiary/aromatic N) is 3. The summed E-state index contributed by atoms with van der Waals surface area (Å²) in [5.74, 6) is -0.728. The third-order valence-corrected chi connectivity index (χ3v) is 7.56. The zero-order valence-corrected chi connectivity index (χ0v) is 19.3. The highest BCUT2D eigenvalue weighted by Gasteiger charge is 2.29. The predicted octanol–water partition coefficient (Wildman–Crippen LogP) is 2.50. The third kappa shape index (κ3) is 5.14. The molecule has 0 unspecified atom stereocenters. The zero-order chi connectivity index (χ0) is 23.7. The van der Waals surface area contributed by atoms with Crippen molar-refractivity contribution in [1.29, 1.82) is 0 Å². The Kier molecular flexibility index (Phi) is 6.68. The van der Waals surface area contributed by atoms with E-state index in [1.54, 1.807) is 12.1 Å². The summed E-state index contributed by atoms with van der Waals surface area (Å²) < 4.78 is 27.5. The van der Waals surface area contributed by atoms with Gasteiger partial charge in [0.1, 0.15) is 0 Å². The second-order valence-electron chi connectivity index (χ2n) is 8.92. The molecule has 0 atom stereocenters. The Labute approximate surface area is 188 Å². The summed E-state index contributed by atoms with van der Waals surface area (Å²) in [5, 5.41) is 11.4. The molecule has 1 saturated heterocycles. The molecule has 1 amide bonds. The van der Waals surface area contributed by atoms with Crippen LogP contribution < -0.4 is 5.73 Å². The lowest BCUT2D eigenvalue weighted by molar-refractivity contribution is -0.385. The standard InChI is InChI=1S/C22H28N4O5S/c1-22(2,3)18-6-8-19(9-7-18)32(30,31)25-12-10-24(11-13-25)15-17-5-4-16(21(23)27)14-20(17)26(28)29/h4-9,14H,10-13,15H2,1-3H3,(H2,23,27). The lowest BCUT2D eigenvalue weighted by Gasteiger charge is -2.34. The Balaban J connectivity index is 1.69. The summed E-state index contributed by atoms with van der Waals surface area (Å²) in [4.78, 5) is 24.4. The normalized spacial score (nSPS) is 16.1. The number of amides is 1. The molecule has 1 aliphatic rings. The summed E-state index contributed by atoms with van der Waals surface area (Å²) in [6.45, 7) is 7.95. The van der Waals surface area contributed by atoms with Gasteiger partial charge in [-0.05, 0) is 29.2 Å². The number of hydrogen-bond acceptors (Lipinski definition) is 6. The first-order valence-electron chi connectivity index (χ1n) is 10.3.